The molecular weight excluding hydrogens is 210 g/mol. The highest BCUT2D eigenvalue weighted by Gasteiger charge is 2.25. The first kappa shape index (κ1) is 14.5. The molecular formula is C14H27N3. The summed E-state index contributed by atoms with van der Waals surface area (Å²) in [4.78, 5) is 2.52. The first-order valence-electron chi connectivity index (χ1n) is 6.97. The van der Waals surface area contributed by atoms with Gasteiger partial charge >= 0.3 is 0 Å². The van der Waals surface area contributed by atoms with E-state index in [1.165, 1.54) is 38.8 Å². The van der Waals surface area contributed by atoms with E-state index in [2.05, 4.69) is 30.1 Å². The molecule has 17 heavy (non-hydrogen) atoms. The highest BCUT2D eigenvalue weighted by molar-refractivity contribution is 5.04. The number of hydrogen-bond donors (Lipinski definition) is 1. The van der Waals surface area contributed by atoms with Crippen molar-refractivity contribution in [1.29, 1.82) is 5.26 Å². The average Bonchev–Trinajstić information content (AvgIpc) is 2.54. The topological polar surface area (TPSA) is 39.1 Å². The average molecular weight is 237 g/mol. The Morgan fingerprint density at radius 2 is 1.82 bits per heavy atom. The molecule has 1 rings (SSSR count). The van der Waals surface area contributed by atoms with Crippen molar-refractivity contribution in [2.75, 3.05) is 19.6 Å². The lowest BCUT2D eigenvalue weighted by Crippen LogP contribution is -2.47. The SMILES string of the molecule is CC(C)NC(C)(C#N)CCN1CCCCCC1. The Morgan fingerprint density at radius 1 is 1.24 bits per heavy atom. The van der Waals surface area contributed by atoms with Gasteiger partial charge in [-0.3, -0.25) is 5.32 Å². The second kappa shape index (κ2) is 6.98. The molecule has 98 valence electrons. The van der Waals surface area contributed by atoms with Crippen molar-refractivity contribution in [2.24, 2.45) is 0 Å². The quantitative estimate of drug-likeness (QED) is 0.798. The molecule has 1 heterocycles. The minimum atomic E-state index is -0.375. The van der Waals surface area contributed by atoms with E-state index in [-0.39, 0.29) is 5.54 Å². The summed E-state index contributed by atoms with van der Waals surface area (Å²) in [6.45, 7) is 9.68. The fraction of sp³-hybridized carbons (Fsp3) is 0.929. The van der Waals surface area contributed by atoms with E-state index >= 15 is 0 Å². The molecule has 1 unspecified atom stereocenters. The van der Waals surface area contributed by atoms with E-state index in [1.54, 1.807) is 0 Å². The van der Waals surface area contributed by atoms with Gasteiger partial charge in [0.2, 0.25) is 0 Å². The monoisotopic (exact) mass is 237 g/mol. The van der Waals surface area contributed by atoms with E-state index in [1.807, 2.05) is 6.92 Å². The summed E-state index contributed by atoms with van der Waals surface area (Å²) in [7, 11) is 0. The van der Waals surface area contributed by atoms with Crippen LogP contribution in [0.2, 0.25) is 0 Å². The predicted molar refractivity (Wildman–Crippen MR) is 71.8 cm³/mol. The Balaban J connectivity index is 2.38. The summed E-state index contributed by atoms with van der Waals surface area (Å²) in [5.41, 5.74) is -0.375. The van der Waals surface area contributed by atoms with Crippen LogP contribution in [0.4, 0.5) is 0 Å². The fourth-order valence-electron chi connectivity index (χ4n) is 2.54. The van der Waals surface area contributed by atoms with Crippen LogP contribution in [0.3, 0.4) is 0 Å². The van der Waals surface area contributed by atoms with Crippen molar-refractivity contribution in [3.8, 4) is 6.07 Å². The second-order valence-electron chi connectivity index (χ2n) is 5.75. The molecule has 0 aromatic rings. The molecule has 0 spiro atoms. The Bertz CT molecular complexity index is 249. The Kier molecular flexibility index (Phi) is 5.94. The maximum absolute atomic E-state index is 9.29. The van der Waals surface area contributed by atoms with E-state index < -0.39 is 0 Å². The van der Waals surface area contributed by atoms with Crippen LogP contribution >= 0.6 is 0 Å². The normalized spacial score (nSPS) is 21.8. The fourth-order valence-corrected chi connectivity index (χ4v) is 2.54. The molecule has 0 amide bonds. The standard InChI is InChI=1S/C14H27N3/c1-13(2)16-14(3,12-15)8-11-17-9-6-4-5-7-10-17/h13,16H,4-11H2,1-3H3. The molecule has 0 radical (unpaired) electrons. The van der Waals surface area contributed by atoms with Gasteiger partial charge < -0.3 is 4.90 Å². The third kappa shape index (κ3) is 5.52. The van der Waals surface area contributed by atoms with Crippen molar-refractivity contribution in [1.82, 2.24) is 10.2 Å². The number of nitriles is 1. The van der Waals surface area contributed by atoms with Gasteiger partial charge in [0, 0.05) is 12.6 Å². The molecule has 1 atom stereocenters. The molecule has 1 fully saturated rings. The highest BCUT2D eigenvalue weighted by atomic mass is 15.1. The van der Waals surface area contributed by atoms with Crippen LogP contribution < -0.4 is 5.32 Å². The Hall–Kier alpha value is -0.590. The maximum atomic E-state index is 9.29. The van der Waals surface area contributed by atoms with Crippen LogP contribution in [0, 0.1) is 11.3 Å². The van der Waals surface area contributed by atoms with Gasteiger partial charge in [0.25, 0.3) is 0 Å². The zero-order valence-corrected chi connectivity index (χ0v) is 11.6. The number of nitrogens with zero attached hydrogens (tertiary/aromatic N) is 2. The molecule has 3 nitrogen and oxygen atoms in total. The van der Waals surface area contributed by atoms with Gasteiger partial charge in [-0.25, -0.2) is 0 Å². The number of likely N-dealkylation sites (tertiary alicyclic amines) is 1. The van der Waals surface area contributed by atoms with Crippen LogP contribution in [-0.2, 0) is 0 Å². The lowest BCUT2D eigenvalue weighted by Gasteiger charge is -2.29. The smallest absolute Gasteiger partial charge is 0.105 e. The van der Waals surface area contributed by atoms with E-state index in [0.717, 1.165) is 13.0 Å². The molecule has 1 aliphatic heterocycles. The first-order valence-corrected chi connectivity index (χ1v) is 6.97. The minimum Gasteiger partial charge on any atom is -0.303 e. The maximum Gasteiger partial charge on any atom is 0.105 e. The lowest BCUT2D eigenvalue weighted by molar-refractivity contribution is 0.248. The molecule has 0 bridgehead atoms. The van der Waals surface area contributed by atoms with E-state index in [9.17, 15) is 5.26 Å². The Labute approximate surface area is 106 Å². The van der Waals surface area contributed by atoms with Crippen molar-refractivity contribution >= 4 is 0 Å². The third-order valence-corrected chi connectivity index (χ3v) is 3.48. The van der Waals surface area contributed by atoms with Crippen LogP contribution in [0.25, 0.3) is 0 Å². The van der Waals surface area contributed by atoms with Crippen LogP contribution in [0.1, 0.15) is 52.9 Å². The molecule has 0 aliphatic carbocycles. The summed E-state index contributed by atoms with van der Waals surface area (Å²) >= 11 is 0. The zero-order valence-electron chi connectivity index (χ0n) is 11.6. The number of nitrogens with one attached hydrogen (secondary N) is 1. The zero-order chi connectivity index (χ0) is 12.7. The van der Waals surface area contributed by atoms with Crippen molar-refractivity contribution in [2.45, 2.75) is 64.5 Å². The second-order valence-corrected chi connectivity index (χ2v) is 5.75. The number of hydrogen-bond acceptors (Lipinski definition) is 3. The van der Waals surface area contributed by atoms with Crippen molar-refractivity contribution < 1.29 is 0 Å². The van der Waals surface area contributed by atoms with Crippen molar-refractivity contribution in [3.63, 3.8) is 0 Å². The first-order chi connectivity index (χ1) is 8.06. The van der Waals surface area contributed by atoms with Crippen LogP contribution in [0.15, 0.2) is 0 Å². The molecule has 1 saturated heterocycles. The van der Waals surface area contributed by atoms with Gasteiger partial charge in [-0.1, -0.05) is 12.8 Å². The van der Waals surface area contributed by atoms with Crippen molar-refractivity contribution in [3.05, 3.63) is 0 Å². The minimum absolute atomic E-state index is 0.365. The summed E-state index contributed by atoms with van der Waals surface area (Å²) < 4.78 is 0. The van der Waals surface area contributed by atoms with Gasteiger partial charge in [0.05, 0.1) is 6.07 Å². The summed E-state index contributed by atoms with van der Waals surface area (Å²) in [5.74, 6) is 0. The summed E-state index contributed by atoms with van der Waals surface area (Å²) in [6.07, 6.45) is 6.30. The van der Waals surface area contributed by atoms with E-state index in [0.29, 0.717) is 6.04 Å². The molecule has 1 N–H and O–H groups in total. The third-order valence-electron chi connectivity index (χ3n) is 3.48. The highest BCUT2D eigenvalue weighted by Crippen LogP contribution is 2.14. The van der Waals surface area contributed by atoms with Gasteiger partial charge in [0.1, 0.15) is 5.54 Å². The van der Waals surface area contributed by atoms with E-state index in [4.69, 9.17) is 0 Å². The van der Waals surface area contributed by atoms with Gasteiger partial charge in [-0.15, -0.1) is 0 Å². The van der Waals surface area contributed by atoms with Gasteiger partial charge in [-0.05, 0) is 53.1 Å². The molecule has 0 aromatic heterocycles. The lowest BCUT2D eigenvalue weighted by atomic mass is 9.98. The molecule has 0 aromatic carbocycles. The largest absolute Gasteiger partial charge is 0.303 e. The number of rotatable bonds is 5. The van der Waals surface area contributed by atoms with Gasteiger partial charge in [-0.2, -0.15) is 5.26 Å². The molecule has 0 saturated carbocycles. The summed E-state index contributed by atoms with van der Waals surface area (Å²) in [6, 6.07) is 2.79. The predicted octanol–water partition coefficient (Wildman–Crippen LogP) is 2.53. The Morgan fingerprint density at radius 3 is 2.29 bits per heavy atom. The summed E-state index contributed by atoms with van der Waals surface area (Å²) in [5, 5.41) is 12.7. The molecule has 3 heteroatoms. The van der Waals surface area contributed by atoms with Crippen LogP contribution in [-0.4, -0.2) is 36.1 Å². The molecule has 1 aliphatic rings. The van der Waals surface area contributed by atoms with Gasteiger partial charge in [0.15, 0.2) is 0 Å². The van der Waals surface area contributed by atoms with Crippen LogP contribution in [0.5, 0.6) is 0 Å².